The molecule has 6 heteroatoms. The van der Waals surface area contributed by atoms with Crippen LogP contribution in [0.1, 0.15) is 18.1 Å². The minimum atomic E-state index is -4.46. The molecule has 0 aliphatic carbocycles. The molecule has 1 aliphatic heterocycles. The van der Waals surface area contributed by atoms with E-state index in [4.69, 9.17) is 11.6 Å². The summed E-state index contributed by atoms with van der Waals surface area (Å²) < 4.78 is 39.5. The van der Waals surface area contributed by atoms with Gasteiger partial charge in [0, 0.05) is 10.6 Å². The molecule has 0 saturated heterocycles. The highest BCUT2D eigenvalue weighted by molar-refractivity contribution is 6.34. The molecule has 1 N–H and O–H groups in total. The molecule has 0 saturated carbocycles. The topological polar surface area (TPSA) is 24.4 Å². The fourth-order valence-corrected chi connectivity index (χ4v) is 2.72. The molecule has 0 radical (unpaired) electrons. The van der Waals surface area contributed by atoms with Crippen LogP contribution in [0.25, 0.3) is 0 Å². The van der Waals surface area contributed by atoms with Gasteiger partial charge in [0.1, 0.15) is 0 Å². The predicted molar refractivity (Wildman–Crippen MR) is 82.2 cm³/mol. The van der Waals surface area contributed by atoms with Gasteiger partial charge in [0.05, 0.1) is 28.7 Å². The van der Waals surface area contributed by atoms with Gasteiger partial charge in [-0.15, -0.1) is 0 Å². The molecule has 114 valence electrons. The van der Waals surface area contributed by atoms with Gasteiger partial charge in [0.25, 0.3) is 0 Å². The Morgan fingerprint density at radius 2 is 1.82 bits per heavy atom. The third-order valence-electron chi connectivity index (χ3n) is 3.51. The molecular formula is C16H12ClF3N2. The molecule has 0 aromatic heterocycles. The van der Waals surface area contributed by atoms with Crippen LogP contribution in [0.2, 0.25) is 5.02 Å². The van der Waals surface area contributed by atoms with Crippen molar-refractivity contribution in [2.45, 2.75) is 19.1 Å². The third kappa shape index (κ3) is 2.57. The normalized spacial score (nSPS) is 17.5. The summed E-state index contributed by atoms with van der Waals surface area (Å²) in [6, 6.07) is 10.7. The van der Waals surface area contributed by atoms with Gasteiger partial charge in [0.2, 0.25) is 0 Å². The van der Waals surface area contributed by atoms with Crippen molar-refractivity contribution in [2.75, 3.05) is 5.32 Å². The number of hydrogen-bond acceptors (Lipinski definition) is 2. The van der Waals surface area contributed by atoms with Crippen molar-refractivity contribution in [1.82, 2.24) is 0 Å². The van der Waals surface area contributed by atoms with E-state index in [2.05, 4.69) is 10.3 Å². The summed E-state index contributed by atoms with van der Waals surface area (Å²) in [5, 5.41) is 3.52. The Kier molecular flexibility index (Phi) is 3.60. The highest BCUT2D eigenvalue weighted by atomic mass is 35.5. The van der Waals surface area contributed by atoms with Gasteiger partial charge in [-0.2, -0.15) is 13.2 Å². The van der Waals surface area contributed by atoms with Crippen molar-refractivity contribution in [3.05, 3.63) is 58.6 Å². The van der Waals surface area contributed by atoms with E-state index in [1.165, 1.54) is 6.07 Å². The van der Waals surface area contributed by atoms with Gasteiger partial charge in [-0.3, -0.25) is 0 Å². The lowest BCUT2D eigenvalue weighted by molar-refractivity contribution is -0.137. The number of nitrogens with one attached hydrogen (secondary N) is 1. The fraction of sp³-hybridized carbons (Fsp3) is 0.188. The highest BCUT2D eigenvalue weighted by Gasteiger charge is 2.36. The van der Waals surface area contributed by atoms with Crippen LogP contribution in [0.15, 0.2) is 47.5 Å². The summed E-state index contributed by atoms with van der Waals surface area (Å²) in [6.07, 6.45) is -4.46. The van der Waals surface area contributed by atoms with E-state index in [1.807, 2.05) is 6.92 Å². The second kappa shape index (κ2) is 5.32. The number of halogens is 4. The predicted octanol–water partition coefficient (Wildman–Crippen LogP) is 5.29. The van der Waals surface area contributed by atoms with E-state index in [-0.39, 0.29) is 11.7 Å². The van der Waals surface area contributed by atoms with Gasteiger partial charge < -0.3 is 5.32 Å². The summed E-state index contributed by atoms with van der Waals surface area (Å²) >= 11 is 6.15. The molecule has 3 rings (SSSR count). The van der Waals surface area contributed by atoms with Crippen LogP contribution in [-0.2, 0) is 6.18 Å². The maximum atomic E-state index is 13.2. The molecule has 2 nitrogen and oxygen atoms in total. The summed E-state index contributed by atoms with van der Waals surface area (Å²) in [5.41, 5.74) is 0.650. The Morgan fingerprint density at radius 3 is 2.50 bits per heavy atom. The quantitative estimate of drug-likeness (QED) is 0.757. The van der Waals surface area contributed by atoms with Crippen molar-refractivity contribution in [1.29, 1.82) is 0 Å². The monoisotopic (exact) mass is 324 g/mol. The van der Waals surface area contributed by atoms with E-state index in [0.717, 1.165) is 6.07 Å². The van der Waals surface area contributed by atoms with E-state index in [0.29, 0.717) is 22.0 Å². The molecule has 0 bridgehead atoms. The zero-order valence-electron chi connectivity index (χ0n) is 11.6. The first-order chi connectivity index (χ1) is 10.4. The lowest BCUT2D eigenvalue weighted by atomic mass is 10.00. The SMILES string of the molecule is CC1Nc2cccc(C(F)(F)F)c2N=C1c1ccccc1Cl. The number of fused-ring (bicyclic) bond motifs is 1. The molecule has 1 aliphatic rings. The average molecular weight is 325 g/mol. The van der Waals surface area contributed by atoms with Crippen LogP contribution in [0, 0.1) is 0 Å². The molecule has 1 atom stereocenters. The number of alkyl halides is 3. The van der Waals surface area contributed by atoms with Crippen molar-refractivity contribution in [3.63, 3.8) is 0 Å². The molecule has 0 fully saturated rings. The highest BCUT2D eigenvalue weighted by Crippen LogP contribution is 2.43. The Bertz CT molecular complexity index is 753. The average Bonchev–Trinajstić information content (AvgIpc) is 2.45. The number of benzene rings is 2. The van der Waals surface area contributed by atoms with Crippen LogP contribution in [0.4, 0.5) is 24.5 Å². The Morgan fingerprint density at radius 1 is 1.09 bits per heavy atom. The second-order valence-electron chi connectivity index (χ2n) is 5.04. The lowest BCUT2D eigenvalue weighted by Gasteiger charge is -2.26. The number of rotatable bonds is 1. The Labute approximate surface area is 130 Å². The molecule has 2 aromatic carbocycles. The van der Waals surface area contributed by atoms with E-state index in [1.54, 1.807) is 30.3 Å². The third-order valence-corrected chi connectivity index (χ3v) is 3.84. The first-order valence-corrected chi connectivity index (χ1v) is 7.06. The fourth-order valence-electron chi connectivity index (χ4n) is 2.49. The number of anilines is 1. The van der Waals surface area contributed by atoms with Crippen LogP contribution < -0.4 is 5.32 Å². The van der Waals surface area contributed by atoms with Crippen molar-refractivity contribution >= 4 is 28.7 Å². The summed E-state index contributed by atoms with van der Waals surface area (Å²) in [6.45, 7) is 1.84. The Hall–Kier alpha value is -2.01. The van der Waals surface area contributed by atoms with Crippen molar-refractivity contribution in [3.8, 4) is 0 Å². The first-order valence-electron chi connectivity index (χ1n) is 6.68. The minimum absolute atomic E-state index is 0.0944. The van der Waals surface area contributed by atoms with Crippen molar-refractivity contribution in [2.24, 2.45) is 4.99 Å². The second-order valence-corrected chi connectivity index (χ2v) is 5.45. The zero-order chi connectivity index (χ0) is 15.9. The maximum absolute atomic E-state index is 13.2. The van der Waals surface area contributed by atoms with Crippen molar-refractivity contribution < 1.29 is 13.2 Å². The molecule has 22 heavy (non-hydrogen) atoms. The molecule has 0 amide bonds. The number of nitrogens with zero attached hydrogens (tertiary/aromatic N) is 1. The van der Waals surface area contributed by atoms with Crippen LogP contribution >= 0.6 is 11.6 Å². The molecular weight excluding hydrogens is 313 g/mol. The standard InChI is InChI=1S/C16H12ClF3N2/c1-9-14(10-5-2-3-7-12(10)17)22-15-11(16(18,19)20)6-4-8-13(15)21-9/h2-9,21H,1H3. The largest absolute Gasteiger partial charge is 0.418 e. The summed E-state index contributed by atoms with van der Waals surface area (Å²) in [7, 11) is 0. The molecule has 1 unspecified atom stereocenters. The minimum Gasteiger partial charge on any atom is -0.375 e. The van der Waals surface area contributed by atoms with Gasteiger partial charge in [-0.05, 0) is 25.1 Å². The summed E-state index contributed by atoms with van der Waals surface area (Å²) in [5.74, 6) is 0. The van der Waals surface area contributed by atoms with E-state index in [9.17, 15) is 13.2 Å². The lowest BCUT2D eigenvalue weighted by Crippen LogP contribution is -2.30. The van der Waals surface area contributed by atoms with Crippen LogP contribution in [-0.4, -0.2) is 11.8 Å². The van der Waals surface area contributed by atoms with Gasteiger partial charge >= 0.3 is 6.18 Å². The zero-order valence-corrected chi connectivity index (χ0v) is 12.3. The number of aliphatic imine (C=N–C) groups is 1. The Balaban J connectivity index is 2.20. The van der Waals surface area contributed by atoms with Gasteiger partial charge in [0.15, 0.2) is 0 Å². The first kappa shape index (κ1) is 14.9. The van der Waals surface area contributed by atoms with Crippen LogP contribution in [0.3, 0.4) is 0 Å². The molecule has 0 spiro atoms. The summed E-state index contributed by atoms with van der Waals surface area (Å²) in [4.78, 5) is 4.27. The van der Waals surface area contributed by atoms with E-state index < -0.39 is 11.7 Å². The number of para-hydroxylation sites is 1. The smallest absolute Gasteiger partial charge is 0.375 e. The van der Waals surface area contributed by atoms with Gasteiger partial charge in [-0.25, -0.2) is 4.99 Å². The molecule has 1 heterocycles. The van der Waals surface area contributed by atoms with Gasteiger partial charge in [-0.1, -0.05) is 35.9 Å². The molecule has 2 aromatic rings. The van der Waals surface area contributed by atoms with Crippen LogP contribution in [0.5, 0.6) is 0 Å². The number of hydrogen-bond donors (Lipinski definition) is 1. The maximum Gasteiger partial charge on any atom is 0.418 e. The van der Waals surface area contributed by atoms with E-state index >= 15 is 0 Å².